The molecule has 0 aromatic heterocycles. The van der Waals surface area contributed by atoms with Crippen LogP contribution >= 0.6 is 0 Å². The number of carboxylic acids is 1. The lowest BCUT2D eigenvalue weighted by atomic mass is 10.3. The van der Waals surface area contributed by atoms with Crippen LogP contribution in [0.5, 0.6) is 0 Å². The van der Waals surface area contributed by atoms with Crippen molar-refractivity contribution in [3.63, 3.8) is 0 Å². The molecule has 6 heteroatoms. The van der Waals surface area contributed by atoms with Gasteiger partial charge >= 0.3 is 0 Å². The van der Waals surface area contributed by atoms with E-state index in [4.69, 9.17) is 4.55 Å². The number of allylic oxidation sites excluding steroid dienone is 1. The third kappa shape index (κ3) is 3.49. The Balaban J connectivity index is 4.82. The molecule has 0 aromatic carbocycles. The molecule has 0 aliphatic carbocycles. The van der Waals surface area contributed by atoms with Gasteiger partial charge in [0.05, 0.1) is 5.97 Å². The Bertz CT molecular complexity index is 287. The van der Waals surface area contributed by atoms with Gasteiger partial charge in [-0.05, 0) is 6.42 Å². The minimum Gasteiger partial charge on any atom is -0.544 e. The van der Waals surface area contributed by atoms with Crippen molar-refractivity contribution in [2.24, 2.45) is 0 Å². The second-order valence-electron chi connectivity index (χ2n) is 2.12. The third-order valence-corrected chi connectivity index (χ3v) is 1.99. The maximum Gasteiger partial charge on any atom is 0.296 e. The summed E-state index contributed by atoms with van der Waals surface area (Å²) >= 11 is 0. The van der Waals surface area contributed by atoms with Crippen molar-refractivity contribution in [1.82, 2.24) is 0 Å². The molecule has 5 nitrogen and oxygen atoms in total. The second-order valence-corrected chi connectivity index (χ2v) is 3.51. The molecule has 0 amide bonds. The standard InChI is InChI=1S/C6H10O5S/c1-2-3-4-5(6(7)8)12(9,10)11/h4H,2-3H2,1H3,(H,7,8)(H,9,10,11)/p-1/b5-4+. The molecule has 0 fully saturated rings. The lowest BCUT2D eigenvalue weighted by molar-refractivity contribution is -0.298. The van der Waals surface area contributed by atoms with Crippen LogP contribution in [0.1, 0.15) is 19.8 Å². The Morgan fingerprint density at radius 1 is 1.58 bits per heavy atom. The first-order valence-corrected chi connectivity index (χ1v) is 4.72. The number of carboxylic acid groups (broad SMARTS) is 1. The van der Waals surface area contributed by atoms with Crippen molar-refractivity contribution < 1.29 is 22.9 Å². The zero-order valence-corrected chi connectivity index (χ0v) is 7.30. The number of unbranched alkanes of at least 4 members (excludes halogenated alkanes) is 1. The van der Waals surface area contributed by atoms with Crippen molar-refractivity contribution in [2.45, 2.75) is 19.8 Å². The summed E-state index contributed by atoms with van der Waals surface area (Å²) in [6.45, 7) is 1.74. The molecule has 0 rings (SSSR count). The van der Waals surface area contributed by atoms with E-state index in [0.29, 0.717) is 6.42 Å². The SMILES string of the molecule is CCC/C=C(\C(=O)[O-])S(=O)(=O)O. The summed E-state index contributed by atoms with van der Waals surface area (Å²) in [6.07, 6.45) is 1.78. The monoisotopic (exact) mass is 193 g/mol. The highest BCUT2D eigenvalue weighted by molar-refractivity contribution is 7.90. The average Bonchev–Trinajstić information content (AvgIpc) is 1.84. The van der Waals surface area contributed by atoms with E-state index in [1.54, 1.807) is 6.92 Å². The van der Waals surface area contributed by atoms with E-state index < -0.39 is 21.0 Å². The summed E-state index contributed by atoms with van der Waals surface area (Å²) in [5.74, 6) is -1.88. The highest BCUT2D eigenvalue weighted by Gasteiger charge is 2.13. The Morgan fingerprint density at radius 3 is 2.33 bits per heavy atom. The van der Waals surface area contributed by atoms with E-state index in [1.807, 2.05) is 0 Å². The van der Waals surface area contributed by atoms with Crippen LogP contribution in [-0.4, -0.2) is 18.9 Å². The Hall–Kier alpha value is -0.880. The molecule has 1 N–H and O–H groups in total. The number of rotatable bonds is 4. The summed E-state index contributed by atoms with van der Waals surface area (Å²) < 4.78 is 29.0. The molecule has 0 spiro atoms. The lowest BCUT2D eigenvalue weighted by Crippen LogP contribution is -2.28. The molecule has 0 atom stereocenters. The molecular weight excluding hydrogens is 184 g/mol. The van der Waals surface area contributed by atoms with Gasteiger partial charge in [-0.2, -0.15) is 8.42 Å². The molecule has 0 bridgehead atoms. The van der Waals surface area contributed by atoms with Crippen LogP contribution in [0.25, 0.3) is 0 Å². The minimum atomic E-state index is -4.64. The third-order valence-electron chi connectivity index (χ3n) is 1.10. The van der Waals surface area contributed by atoms with Crippen molar-refractivity contribution in [1.29, 1.82) is 0 Å². The molecule has 70 valence electrons. The van der Waals surface area contributed by atoms with Gasteiger partial charge in [0.15, 0.2) is 0 Å². The van der Waals surface area contributed by atoms with Gasteiger partial charge in [-0.15, -0.1) is 0 Å². The van der Waals surface area contributed by atoms with Gasteiger partial charge in [-0.3, -0.25) is 4.55 Å². The molecule has 0 saturated heterocycles. The first-order valence-electron chi connectivity index (χ1n) is 3.28. The van der Waals surface area contributed by atoms with Gasteiger partial charge in [0.2, 0.25) is 0 Å². The largest absolute Gasteiger partial charge is 0.544 e. The molecule has 0 radical (unpaired) electrons. The van der Waals surface area contributed by atoms with Crippen molar-refractivity contribution in [3.05, 3.63) is 11.0 Å². The highest BCUT2D eigenvalue weighted by Crippen LogP contribution is 2.05. The van der Waals surface area contributed by atoms with E-state index in [2.05, 4.69) is 0 Å². The Morgan fingerprint density at radius 2 is 2.08 bits per heavy atom. The first kappa shape index (κ1) is 11.1. The summed E-state index contributed by atoms with van der Waals surface area (Å²) in [5, 5.41) is 10.1. The number of hydrogen-bond acceptors (Lipinski definition) is 4. The maximum atomic E-state index is 10.3. The summed E-state index contributed by atoms with van der Waals surface area (Å²) in [7, 11) is -4.64. The summed E-state index contributed by atoms with van der Waals surface area (Å²) in [5.41, 5.74) is 0. The number of aliphatic carboxylic acids is 1. The zero-order valence-electron chi connectivity index (χ0n) is 6.48. The lowest BCUT2D eigenvalue weighted by Gasteiger charge is -2.03. The first-order chi connectivity index (χ1) is 5.39. The predicted molar refractivity (Wildman–Crippen MR) is 39.5 cm³/mol. The molecular formula is C6H9O5S-. The van der Waals surface area contributed by atoms with Gasteiger partial charge in [-0.1, -0.05) is 19.4 Å². The van der Waals surface area contributed by atoms with Gasteiger partial charge in [-0.25, -0.2) is 0 Å². The molecule has 0 aliphatic heterocycles. The minimum absolute atomic E-state index is 0.267. The fraction of sp³-hybridized carbons (Fsp3) is 0.500. The quantitative estimate of drug-likeness (QED) is 0.471. The summed E-state index contributed by atoms with van der Waals surface area (Å²) in [6, 6.07) is 0. The van der Waals surface area contributed by atoms with E-state index in [9.17, 15) is 18.3 Å². The smallest absolute Gasteiger partial charge is 0.296 e. The van der Waals surface area contributed by atoms with E-state index in [1.165, 1.54) is 0 Å². The molecule has 12 heavy (non-hydrogen) atoms. The topological polar surface area (TPSA) is 94.5 Å². The predicted octanol–water partition coefficient (Wildman–Crippen LogP) is -0.692. The number of hydrogen-bond donors (Lipinski definition) is 1. The number of carbonyl (C=O) groups excluding carboxylic acids is 1. The average molecular weight is 193 g/mol. The van der Waals surface area contributed by atoms with Crippen molar-refractivity contribution in [2.75, 3.05) is 0 Å². The second kappa shape index (κ2) is 4.22. The van der Waals surface area contributed by atoms with Gasteiger partial charge < -0.3 is 9.90 Å². The van der Waals surface area contributed by atoms with Crippen LogP contribution in [0.3, 0.4) is 0 Å². The Labute approximate surface area is 70.5 Å². The fourth-order valence-electron chi connectivity index (χ4n) is 0.569. The van der Waals surface area contributed by atoms with Gasteiger partial charge in [0.1, 0.15) is 4.91 Å². The van der Waals surface area contributed by atoms with Crippen molar-refractivity contribution >= 4 is 16.1 Å². The molecule has 0 saturated carbocycles. The van der Waals surface area contributed by atoms with E-state index in [0.717, 1.165) is 6.08 Å². The van der Waals surface area contributed by atoms with Crippen LogP contribution in [-0.2, 0) is 14.9 Å². The zero-order chi connectivity index (χ0) is 9.78. The van der Waals surface area contributed by atoms with Crippen LogP contribution < -0.4 is 5.11 Å². The normalized spacial score (nSPS) is 13.0. The number of carbonyl (C=O) groups is 1. The summed E-state index contributed by atoms with van der Waals surface area (Å²) in [4.78, 5) is 9.07. The van der Waals surface area contributed by atoms with E-state index >= 15 is 0 Å². The molecule has 0 heterocycles. The molecule has 0 aromatic rings. The van der Waals surface area contributed by atoms with Gasteiger partial charge in [0, 0.05) is 0 Å². The van der Waals surface area contributed by atoms with Crippen LogP contribution in [0.2, 0.25) is 0 Å². The van der Waals surface area contributed by atoms with Crippen LogP contribution in [0.15, 0.2) is 11.0 Å². The maximum absolute atomic E-state index is 10.3. The highest BCUT2D eigenvalue weighted by atomic mass is 32.2. The van der Waals surface area contributed by atoms with Crippen LogP contribution in [0, 0.1) is 0 Å². The fourth-order valence-corrected chi connectivity index (χ4v) is 1.11. The molecule has 0 unspecified atom stereocenters. The van der Waals surface area contributed by atoms with Crippen LogP contribution in [0.4, 0.5) is 0 Å². The van der Waals surface area contributed by atoms with Gasteiger partial charge in [0.25, 0.3) is 10.1 Å². The van der Waals surface area contributed by atoms with Crippen molar-refractivity contribution in [3.8, 4) is 0 Å². The molecule has 0 aliphatic rings. The van der Waals surface area contributed by atoms with E-state index in [-0.39, 0.29) is 6.42 Å². The Kier molecular flexibility index (Phi) is 3.91.